The van der Waals surface area contributed by atoms with Gasteiger partial charge >= 0.3 is 0 Å². The topological polar surface area (TPSA) is 23.6 Å². The van der Waals surface area contributed by atoms with Gasteiger partial charge in [0.25, 0.3) is 5.91 Å². The molecule has 4 heteroatoms. The number of hydrogen-bond acceptors (Lipinski definition) is 3. The summed E-state index contributed by atoms with van der Waals surface area (Å²) in [6, 6.07) is 6.58. The van der Waals surface area contributed by atoms with Crippen molar-refractivity contribution in [2.45, 2.75) is 43.5 Å². The SMILES string of the molecule is Cc1ccc(S)cc1C(=O)N1CCN(C2CCCC2)CC1. The van der Waals surface area contributed by atoms with Crippen molar-refractivity contribution >= 4 is 18.5 Å². The first-order valence-corrected chi connectivity index (χ1v) is 8.43. The van der Waals surface area contributed by atoms with Gasteiger partial charge in [0.1, 0.15) is 0 Å². The second-order valence-corrected chi connectivity index (χ2v) is 6.78. The summed E-state index contributed by atoms with van der Waals surface area (Å²) < 4.78 is 0. The summed E-state index contributed by atoms with van der Waals surface area (Å²) in [5.41, 5.74) is 1.84. The average molecular weight is 304 g/mol. The standard InChI is InChI=1S/C17H24N2OS/c1-13-6-7-15(21)12-16(13)17(20)19-10-8-18(9-11-19)14-4-2-3-5-14/h6-7,12,14,21H,2-5,8-11H2,1H3. The molecule has 3 nitrogen and oxygen atoms in total. The molecule has 2 aliphatic rings. The predicted molar refractivity (Wildman–Crippen MR) is 88.2 cm³/mol. The van der Waals surface area contributed by atoms with Crippen molar-refractivity contribution in [3.63, 3.8) is 0 Å². The molecule has 1 aliphatic heterocycles. The normalized spacial score (nSPS) is 21.0. The molecule has 0 unspecified atom stereocenters. The molecule has 1 saturated carbocycles. The van der Waals surface area contributed by atoms with Crippen LogP contribution in [0, 0.1) is 6.92 Å². The van der Waals surface area contributed by atoms with Gasteiger partial charge in [0.15, 0.2) is 0 Å². The molecule has 1 aromatic carbocycles. The Morgan fingerprint density at radius 1 is 1.14 bits per heavy atom. The lowest BCUT2D eigenvalue weighted by Crippen LogP contribution is -2.51. The Kier molecular flexibility index (Phi) is 4.55. The lowest BCUT2D eigenvalue weighted by atomic mass is 10.1. The lowest BCUT2D eigenvalue weighted by molar-refractivity contribution is 0.0572. The zero-order valence-corrected chi connectivity index (χ0v) is 13.6. The number of rotatable bonds is 2. The van der Waals surface area contributed by atoms with E-state index < -0.39 is 0 Å². The smallest absolute Gasteiger partial charge is 0.254 e. The monoisotopic (exact) mass is 304 g/mol. The summed E-state index contributed by atoms with van der Waals surface area (Å²) in [6.07, 6.45) is 5.43. The molecule has 1 aliphatic carbocycles. The van der Waals surface area contributed by atoms with Gasteiger partial charge in [0.2, 0.25) is 0 Å². The maximum Gasteiger partial charge on any atom is 0.254 e. The molecular weight excluding hydrogens is 280 g/mol. The molecule has 1 amide bonds. The van der Waals surface area contributed by atoms with Crippen LogP contribution in [0.1, 0.15) is 41.6 Å². The van der Waals surface area contributed by atoms with Gasteiger partial charge < -0.3 is 4.90 Å². The van der Waals surface area contributed by atoms with E-state index in [9.17, 15) is 4.79 Å². The molecular formula is C17H24N2OS. The molecule has 0 aromatic heterocycles. The Bertz CT molecular complexity index is 518. The Morgan fingerprint density at radius 2 is 1.81 bits per heavy atom. The maximum absolute atomic E-state index is 12.7. The van der Waals surface area contributed by atoms with Crippen molar-refractivity contribution in [2.75, 3.05) is 26.2 Å². The molecule has 0 spiro atoms. The van der Waals surface area contributed by atoms with Crippen LogP contribution in [-0.4, -0.2) is 47.9 Å². The van der Waals surface area contributed by atoms with E-state index in [1.54, 1.807) is 0 Å². The summed E-state index contributed by atoms with van der Waals surface area (Å²) in [7, 11) is 0. The number of carbonyl (C=O) groups is 1. The van der Waals surface area contributed by atoms with E-state index in [1.807, 2.05) is 30.0 Å². The van der Waals surface area contributed by atoms with Gasteiger partial charge in [-0.15, -0.1) is 12.6 Å². The zero-order chi connectivity index (χ0) is 14.8. The van der Waals surface area contributed by atoms with Crippen LogP contribution < -0.4 is 0 Å². The minimum absolute atomic E-state index is 0.162. The minimum atomic E-state index is 0.162. The Balaban J connectivity index is 1.63. The van der Waals surface area contributed by atoms with E-state index in [4.69, 9.17) is 0 Å². The van der Waals surface area contributed by atoms with Crippen LogP contribution in [0.25, 0.3) is 0 Å². The first-order chi connectivity index (χ1) is 10.1. The number of hydrogen-bond donors (Lipinski definition) is 1. The predicted octanol–water partition coefficient (Wildman–Crippen LogP) is 2.98. The summed E-state index contributed by atoms with van der Waals surface area (Å²) >= 11 is 4.35. The molecule has 0 radical (unpaired) electrons. The van der Waals surface area contributed by atoms with Crippen LogP contribution in [0.2, 0.25) is 0 Å². The van der Waals surface area contributed by atoms with Gasteiger partial charge in [0, 0.05) is 42.7 Å². The largest absolute Gasteiger partial charge is 0.336 e. The third-order valence-electron chi connectivity index (χ3n) is 4.89. The highest BCUT2D eigenvalue weighted by Crippen LogP contribution is 2.25. The van der Waals surface area contributed by atoms with Gasteiger partial charge in [-0.05, 0) is 37.5 Å². The maximum atomic E-state index is 12.7. The number of piperazine rings is 1. The fraction of sp³-hybridized carbons (Fsp3) is 0.588. The van der Waals surface area contributed by atoms with Crippen LogP contribution in [-0.2, 0) is 0 Å². The molecule has 0 atom stereocenters. The lowest BCUT2D eigenvalue weighted by Gasteiger charge is -2.38. The summed E-state index contributed by atoms with van der Waals surface area (Å²) in [6.45, 7) is 5.75. The highest BCUT2D eigenvalue weighted by molar-refractivity contribution is 7.80. The van der Waals surface area contributed by atoms with E-state index in [0.717, 1.165) is 48.2 Å². The van der Waals surface area contributed by atoms with Crippen molar-refractivity contribution in [2.24, 2.45) is 0 Å². The number of carbonyl (C=O) groups excluding carboxylic acids is 1. The molecule has 1 heterocycles. The van der Waals surface area contributed by atoms with E-state index in [1.165, 1.54) is 25.7 Å². The Hall–Kier alpha value is -1.00. The van der Waals surface area contributed by atoms with Gasteiger partial charge in [-0.3, -0.25) is 9.69 Å². The van der Waals surface area contributed by atoms with Crippen molar-refractivity contribution < 1.29 is 4.79 Å². The molecule has 2 fully saturated rings. The average Bonchev–Trinajstić information content (AvgIpc) is 3.03. The molecule has 1 aromatic rings. The fourth-order valence-electron chi connectivity index (χ4n) is 3.57. The zero-order valence-electron chi connectivity index (χ0n) is 12.7. The number of amides is 1. The first kappa shape index (κ1) is 14.9. The third-order valence-corrected chi connectivity index (χ3v) is 5.17. The second kappa shape index (κ2) is 6.41. The van der Waals surface area contributed by atoms with Crippen LogP contribution >= 0.6 is 12.6 Å². The fourth-order valence-corrected chi connectivity index (χ4v) is 3.77. The molecule has 114 valence electrons. The third kappa shape index (κ3) is 3.27. The van der Waals surface area contributed by atoms with Gasteiger partial charge in [-0.25, -0.2) is 0 Å². The van der Waals surface area contributed by atoms with E-state index in [-0.39, 0.29) is 5.91 Å². The van der Waals surface area contributed by atoms with Gasteiger partial charge in [0.05, 0.1) is 0 Å². The van der Waals surface area contributed by atoms with Crippen molar-refractivity contribution in [3.05, 3.63) is 29.3 Å². The first-order valence-electron chi connectivity index (χ1n) is 7.98. The molecule has 0 N–H and O–H groups in total. The molecule has 21 heavy (non-hydrogen) atoms. The quantitative estimate of drug-likeness (QED) is 0.849. The van der Waals surface area contributed by atoms with E-state index in [2.05, 4.69) is 17.5 Å². The van der Waals surface area contributed by atoms with E-state index >= 15 is 0 Å². The molecule has 0 bridgehead atoms. The highest BCUT2D eigenvalue weighted by Gasteiger charge is 2.28. The van der Waals surface area contributed by atoms with Crippen LogP contribution in [0.15, 0.2) is 23.1 Å². The van der Waals surface area contributed by atoms with Crippen molar-refractivity contribution in [1.29, 1.82) is 0 Å². The summed E-state index contributed by atoms with van der Waals surface area (Å²) in [5.74, 6) is 0.162. The molecule has 3 rings (SSSR count). The van der Waals surface area contributed by atoms with Crippen molar-refractivity contribution in [1.82, 2.24) is 9.80 Å². The minimum Gasteiger partial charge on any atom is -0.336 e. The number of nitrogens with zero attached hydrogens (tertiary/aromatic N) is 2. The van der Waals surface area contributed by atoms with Crippen LogP contribution in [0.4, 0.5) is 0 Å². The van der Waals surface area contributed by atoms with E-state index in [0.29, 0.717) is 0 Å². The van der Waals surface area contributed by atoms with Crippen LogP contribution in [0.3, 0.4) is 0 Å². The van der Waals surface area contributed by atoms with Crippen molar-refractivity contribution in [3.8, 4) is 0 Å². The Labute approximate surface area is 132 Å². The second-order valence-electron chi connectivity index (χ2n) is 6.27. The van der Waals surface area contributed by atoms with Gasteiger partial charge in [-0.2, -0.15) is 0 Å². The number of aryl methyl sites for hydroxylation is 1. The number of thiol groups is 1. The Morgan fingerprint density at radius 3 is 2.48 bits per heavy atom. The summed E-state index contributed by atoms with van der Waals surface area (Å²) in [5, 5.41) is 0. The summed E-state index contributed by atoms with van der Waals surface area (Å²) in [4.78, 5) is 18.1. The van der Waals surface area contributed by atoms with Gasteiger partial charge in [-0.1, -0.05) is 18.9 Å². The molecule has 1 saturated heterocycles. The number of benzene rings is 1. The van der Waals surface area contributed by atoms with Crippen LogP contribution in [0.5, 0.6) is 0 Å². The highest BCUT2D eigenvalue weighted by atomic mass is 32.1.